The average molecular weight is 291 g/mol. The average Bonchev–Trinajstić information content (AvgIpc) is 2.75. The molecule has 84 valence electrons. The van der Waals surface area contributed by atoms with E-state index in [1.165, 1.54) is 6.07 Å². The molecular weight excluding hydrogens is 283 g/mol. The molecular formula is C13H8BrFN2. The first-order valence-corrected chi connectivity index (χ1v) is 5.93. The van der Waals surface area contributed by atoms with Gasteiger partial charge in [0.05, 0.1) is 21.9 Å². The van der Waals surface area contributed by atoms with E-state index in [2.05, 4.69) is 20.9 Å². The fourth-order valence-corrected chi connectivity index (χ4v) is 2.37. The van der Waals surface area contributed by atoms with Gasteiger partial charge in [0.25, 0.3) is 0 Å². The van der Waals surface area contributed by atoms with E-state index in [0.29, 0.717) is 11.4 Å². The van der Waals surface area contributed by atoms with E-state index in [-0.39, 0.29) is 5.82 Å². The molecule has 2 nitrogen and oxygen atoms in total. The molecule has 0 fully saturated rings. The van der Waals surface area contributed by atoms with E-state index in [0.717, 1.165) is 10.1 Å². The molecule has 2 heterocycles. The number of fused-ring (bicyclic) bond motifs is 1. The molecule has 0 spiro atoms. The summed E-state index contributed by atoms with van der Waals surface area (Å²) in [7, 11) is 0. The van der Waals surface area contributed by atoms with Gasteiger partial charge in [0.1, 0.15) is 11.6 Å². The second-order valence-electron chi connectivity index (χ2n) is 3.67. The monoisotopic (exact) mass is 290 g/mol. The maximum Gasteiger partial charge on any atom is 0.148 e. The standard InChI is InChI=1S/C13H8BrFN2/c14-12-7-3-4-9-8-16-13(17(9)12)10-5-1-2-6-11(10)15/h1-8H. The molecule has 0 saturated heterocycles. The highest BCUT2D eigenvalue weighted by Gasteiger charge is 2.11. The molecule has 0 N–H and O–H groups in total. The number of rotatable bonds is 1. The number of nitrogens with zero attached hydrogens (tertiary/aromatic N) is 2. The number of hydrogen-bond donors (Lipinski definition) is 0. The summed E-state index contributed by atoms with van der Waals surface area (Å²) in [5.41, 5.74) is 1.43. The predicted octanol–water partition coefficient (Wildman–Crippen LogP) is 3.90. The Morgan fingerprint density at radius 2 is 1.88 bits per heavy atom. The lowest BCUT2D eigenvalue weighted by Crippen LogP contribution is -1.93. The molecule has 0 unspecified atom stereocenters. The molecule has 0 saturated carbocycles. The summed E-state index contributed by atoms with van der Waals surface area (Å²) in [6.07, 6.45) is 1.73. The molecule has 3 rings (SSSR count). The van der Waals surface area contributed by atoms with Gasteiger partial charge in [0.2, 0.25) is 0 Å². The first-order valence-electron chi connectivity index (χ1n) is 5.14. The molecule has 0 atom stereocenters. The number of hydrogen-bond acceptors (Lipinski definition) is 1. The Labute approximate surface area is 106 Å². The molecule has 3 aromatic rings. The third-order valence-corrected chi connectivity index (χ3v) is 3.24. The summed E-state index contributed by atoms with van der Waals surface area (Å²) in [5, 5.41) is 0. The largest absolute Gasteiger partial charge is 0.286 e. The van der Waals surface area contributed by atoms with Gasteiger partial charge in [-0.15, -0.1) is 0 Å². The van der Waals surface area contributed by atoms with E-state index in [9.17, 15) is 4.39 Å². The molecule has 0 bridgehead atoms. The Morgan fingerprint density at radius 1 is 1.06 bits per heavy atom. The minimum Gasteiger partial charge on any atom is -0.286 e. The minimum atomic E-state index is -0.268. The number of benzene rings is 1. The van der Waals surface area contributed by atoms with Gasteiger partial charge >= 0.3 is 0 Å². The van der Waals surface area contributed by atoms with Crippen molar-refractivity contribution < 1.29 is 4.39 Å². The molecule has 4 heteroatoms. The zero-order valence-electron chi connectivity index (χ0n) is 8.77. The lowest BCUT2D eigenvalue weighted by molar-refractivity contribution is 0.630. The Morgan fingerprint density at radius 3 is 2.71 bits per heavy atom. The Bertz CT molecular complexity index is 691. The molecule has 0 aliphatic carbocycles. The molecule has 0 aliphatic heterocycles. The number of imidazole rings is 1. The van der Waals surface area contributed by atoms with Crippen LogP contribution in [0.5, 0.6) is 0 Å². The van der Waals surface area contributed by atoms with Crippen LogP contribution in [-0.4, -0.2) is 9.38 Å². The zero-order chi connectivity index (χ0) is 11.8. The van der Waals surface area contributed by atoms with E-state index < -0.39 is 0 Å². The molecule has 17 heavy (non-hydrogen) atoms. The Hall–Kier alpha value is -1.68. The van der Waals surface area contributed by atoms with Crippen LogP contribution in [0.2, 0.25) is 0 Å². The number of pyridine rings is 1. The minimum absolute atomic E-state index is 0.268. The quantitative estimate of drug-likeness (QED) is 0.621. The van der Waals surface area contributed by atoms with E-state index >= 15 is 0 Å². The first-order chi connectivity index (χ1) is 8.27. The molecule has 0 aliphatic rings. The second kappa shape index (κ2) is 3.96. The van der Waals surface area contributed by atoms with Crippen LogP contribution in [-0.2, 0) is 0 Å². The summed E-state index contributed by atoms with van der Waals surface area (Å²) >= 11 is 3.45. The SMILES string of the molecule is Fc1ccccc1-c1ncc2cccc(Br)n12. The van der Waals surface area contributed by atoms with Crippen molar-refractivity contribution in [3.63, 3.8) is 0 Å². The van der Waals surface area contributed by atoms with Crippen molar-refractivity contribution in [2.75, 3.05) is 0 Å². The summed E-state index contributed by atoms with van der Waals surface area (Å²) in [6, 6.07) is 12.4. The van der Waals surface area contributed by atoms with Crippen LogP contribution in [0.3, 0.4) is 0 Å². The van der Waals surface area contributed by atoms with Crippen molar-refractivity contribution in [2.24, 2.45) is 0 Å². The molecule has 0 radical (unpaired) electrons. The van der Waals surface area contributed by atoms with Crippen LogP contribution in [0.1, 0.15) is 0 Å². The van der Waals surface area contributed by atoms with Crippen LogP contribution in [0, 0.1) is 5.82 Å². The number of aromatic nitrogens is 2. The highest BCUT2D eigenvalue weighted by molar-refractivity contribution is 9.10. The highest BCUT2D eigenvalue weighted by atomic mass is 79.9. The predicted molar refractivity (Wildman–Crippen MR) is 68.3 cm³/mol. The van der Waals surface area contributed by atoms with Crippen LogP contribution in [0.15, 0.2) is 53.3 Å². The third kappa shape index (κ3) is 1.65. The summed E-state index contributed by atoms with van der Waals surface area (Å²) < 4.78 is 16.5. The van der Waals surface area contributed by atoms with E-state index in [1.807, 2.05) is 22.6 Å². The summed E-state index contributed by atoms with van der Waals surface area (Å²) in [6.45, 7) is 0. The highest BCUT2D eigenvalue weighted by Crippen LogP contribution is 2.25. The van der Waals surface area contributed by atoms with Crippen LogP contribution >= 0.6 is 15.9 Å². The van der Waals surface area contributed by atoms with Gasteiger partial charge in [0, 0.05) is 0 Å². The fourth-order valence-electron chi connectivity index (χ4n) is 1.84. The van der Waals surface area contributed by atoms with Gasteiger partial charge in [-0.05, 0) is 40.2 Å². The van der Waals surface area contributed by atoms with Crippen molar-refractivity contribution in [1.29, 1.82) is 0 Å². The van der Waals surface area contributed by atoms with Gasteiger partial charge in [-0.3, -0.25) is 4.40 Å². The van der Waals surface area contributed by atoms with Crippen molar-refractivity contribution in [1.82, 2.24) is 9.38 Å². The van der Waals surface area contributed by atoms with Crippen LogP contribution in [0.25, 0.3) is 16.9 Å². The lowest BCUT2D eigenvalue weighted by atomic mass is 10.2. The summed E-state index contributed by atoms with van der Waals surface area (Å²) in [4.78, 5) is 4.28. The smallest absolute Gasteiger partial charge is 0.148 e. The van der Waals surface area contributed by atoms with Crippen molar-refractivity contribution in [2.45, 2.75) is 0 Å². The van der Waals surface area contributed by atoms with Crippen LogP contribution in [0.4, 0.5) is 4.39 Å². The Balaban J connectivity index is 2.36. The fraction of sp³-hybridized carbons (Fsp3) is 0. The topological polar surface area (TPSA) is 17.3 Å². The maximum atomic E-state index is 13.7. The van der Waals surface area contributed by atoms with Gasteiger partial charge < -0.3 is 0 Å². The zero-order valence-corrected chi connectivity index (χ0v) is 10.4. The van der Waals surface area contributed by atoms with Gasteiger partial charge in [-0.25, -0.2) is 9.37 Å². The lowest BCUT2D eigenvalue weighted by Gasteiger charge is -2.04. The van der Waals surface area contributed by atoms with E-state index in [1.54, 1.807) is 24.4 Å². The second-order valence-corrected chi connectivity index (χ2v) is 4.48. The third-order valence-electron chi connectivity index (χ3n) is 2.62. The van der Waals surface area contributed by atoms with Crippen molar-refractivity contribution in [3.05, 3.63) is 59.1 Å². The number of halogens is 2. The van der Waals surface area contributed by atoms with Crippen LogP contribution < -0.4 is 0 Å². The maximum absolute atomic E-state index is 13.7. The molecule has 2 aromatic heterocycles. The first kappa shape index (κ1) is 10.5. The van der Waals surface area contributed by atoms with Crippen molar-refractivity contribution in [3.8, 4) is 11.4 Å². The normalized spacial score (nSPS) is 10.9. The van der Waals surface area contributed by atoms with E-state index in [4.69, 9.17) is 0 Å². The molecule has 1 aromatic carbocycles. The summed E-state index contributed by atoms with van der Waals surface area (Å²) in [5.74, 6) is 0.335. The van der Waals surface area contributed by atoms with Crippen molar-refractivity contribution >= 4 is 21.4 Å². The van der Waals surface area contributed by atoms with Gasteiger partial charge in [0.15, 0.2) is 0 Å². The molecule has 0 amide bonds. The van der Waals surface area contributed by atoms with Gasteiger partial charge in [-0.2, -0.15) is 0 Å². The van der Waals surface area contributed by atoms with Gasteiger partial charge in [-0.1, -0.05) is 18.2 Å². The Kier molecular flexibility index (Phi) is 2.44.